The number of halogens is 2. The van der Waals surface area contributed by atoms with Gasteiger partial charge in [-0.15, -0.1) is 23.2 Å². The first-order chi connectivity index (χ1) is 8.88. The predicted molar refractivity (Wildman–Crippen MR) is 78.0 cm³/mol. The minimum absolute atomic E-state index is 0.924. The standard InChI is InChI=1S/C13H17.2CH3Cl.Hf/c1-3-7-12-10(5-1)9-11-6-2-4-8-13(11)12;2*1-2;/h1,3,5,7,9-13H,2,4,6,8H2;2*1H3;. The Hall–Kier alpha value is 0.930. The summed E-state index contributed by atoms with van der Waals surface area (Å²) in [5, 5.41) is 0. The van der Waals surface area contributed by atoms with Crippen molar-refractivity contribution >= 4 is 23.2 Å². The third kappa shape index (κ3) is 3.52. The van der Waals surface area contributed by atoms with Gasteiger partial charge in [0.2, 0.25) is 0 Å². The summed E-state index contributed by atoms with van der Waals surface area (Å²) >= 11 is 10.7. The molecule has 0 aliphatic heterocycles. The summed E-state index contributed by atoms with van der Waals surface area (Å²) in [6, 6.07) is 0. The van der Waals surface area contributed by atoms with E-state index in [0.29, 0.717) is 0 Å². The molecule has 0 spiro atoms. The van der Waals surface area contributed by atoms with Crippen LogP contribution in [0.25, 0.3) is 0 Å². The van der Waals surface area contributed by atoms with E-state index < -0.39 is 0 Å². The predicted octanol–water partition coefficient (Wildman–Crippen LogP) is 5.21. The molecular formula is C15H23Cl2Hf. The minimum atomic E-state index is 0.924. The molecule has 0 heterocycles. The Bertz CT molecular complexity index is 288. The van der Waals surface area contributed by atoms with Crippen LogP contribution in [0.4, 0.5) is 0 Å². The van der Waals surface area contributed by atoms with Gasteiger partial charge in [-0.25, -0.2) is 0 Å². The number of hydrogen-bond acceptors (Lipinski definition) is 0. The number of hydrogen-bond donors (Lipinski definition) is 0. The first-order valence-corrected chi connectivity index (χ1v) is 10.3. The Balaban J connectivity index is 0.000000371. The molecule has 0 amide bonds. The SMILES string of the molecule is CCl.CCl.[Hf][CH]1C2C=CC=CC2C2CCCCC12. The topological polar surface area (TPSA) is 0 Å². The van der Waals surface area contributed by atoms with Gasteiger partial charge in [0.15, 0.2) is 0 Å². The van der Waals surface area contributed by atoms with E-state index in [1.165, 1.54) is 62.8 Å². The Morgan fingerprint density at radius 3 is 1.94 bits per heavy atom. The van der Waals surface area contributed by atoms with Gasteiger partial charge in [0.25, 0.3) is 0 Å². The third-order valence-corrected chi connectivity index (χ3v) is 7.39. The monoisotopic (exact) mass is 453 g/mol. The van der Waals surface area contributed by atoms with E-state index in [2.05, 4.69) is 47.5 Å². The second kappa shape index (κ2) is 8.97. The molecule has 0 aromatic rings. The van der Waals surface area contributed by atoms with Crippen LogP contribution in [0.15, 0.2) is 24.3 Å². The summed E-state index contributed by atoms with van der Waals surface area (Å²) in [6.45, 7) is 0. The number of rotatable bonds is 0. The second-order valence-electron chi connectivity index (χ2n) is 5.06. The van der Waals surface area contributed by atoms with Gasteiger partial charge < -0.3 is 0 Å². The Morgan fingerprint density at radius 2 is 1.33 bits per heavy atom. The molecule has 0 aromatic carbocycles. The maximum atomic E-state index is 4.64. The van der Waals surface area contributed by atoms with E-state index >= 15 is 0 Å². The second-order valence-corrected chi connectivity index (χ2v) is 7.46. The average Bonchev–Trinajstić information content (AvgIpc) is 2.78. The fourth-order valence-corrected chi connectivity index (χ4v) is 6.51. The van der Waals surface area contributed by atoms with Crippen LogP contribution in [0.1, 0.15) is 25.7 Å². The van der Waals surface area contributed by atoms with Crippen molar-refractivity contribution in [3.8, 4) is 0 Å². The van der Waals surface area contributed by atoms with Gasteiger partial charge >= 0.3 is 102 Å². The Labute approximate surface area is 137 Å². The van der Waals surface area contributed by atoms with Gasteiger partial charge in [-0.2, -0.15) is 0 Å². The molecule has 2 saturated carbocycles. The fraction of sp³-hybridized carbons (Fsp3) is 0.733. The first kappa shape index (κ1) is 17.0. The normalized spacial score (nSPS) is 39.6. The third-order valence-electron chi connectivity index (χ3n) is 4.47. The number of alkyl halides is 2. The molecule has 101 valence electrons. The zero-order valence-corrected chi connectivity index (χ0v) is 16.4. The van der Waals surface area contributed by atoms with E-state index in [1.807, 2.05) is 0 Å². The summed E-state index contributed by atoms with van der Waals surface area (Å²) in [4.78, 5) is 0. The molecule has 3 aliphatic carbocycles. The van der Waals surface area contributed by atoms with Crippen molar-refractivity contribution < 1.29 is 24.4 Å². The van der Waals surface area contributed by atoms with Crippen LogP contribution in [-0.2, 0) is 24.4 Å². The summed E-state index contributed by atoms with van der Waals surface area (Å²) < 4.78 is 1.08. The quantitative estimate of drug-likeness (QED) is 0.350. The van der Waals surface area contributed by atoms with E-state index in [0.717, 1.165) is 27.3 Å². The van der Waals surface area contributed by atoms with Crippen LogP contribution in [0.5, 0.6) is 0 Å². The Kier molecular flexibility index (Phi) is 8.47. The van der Waals surface area contributed by atoms with Crippen LogP contribution >= 0.6 is 23.2 Å². The van der Waals surface area contributed by atoms with E-state index in [4.69, 9.17) is 0 Å². The van der Waals surface area contributed by atoms with Gasteiger partial charge in [-0.3, -0.25) is 0 Å². The van der Waals surface area contributed by atoms with Crippen LogP contribution in [0.2, 0.25) is 3.67 Å². The van der Waals surface area contributed by atoms with Crippen molar-refractivity contribution in [1.82, 2.24) is 0 Å². The van der Waals surface area contributed by atoms with E-state index in [1.54, 1.807) is 0 Å². The molecule has 0 saturated heterocycles. The maximum absolute atomic E-state index is 4.64. The molecule has 0 aromatic heterocycles. The van der Waals surface area contributed by atoms with E-state index in [9.17, 15) is 0 Å². The van der Waals surface area contributed by atoms with Crippen LogP contribution in [0.3, 0.4) is 0 Å². The summed E-state index contributed by atoms with van der Waals surface area (Å²) in [5.41, 5.74) is 0. The molecule has 0 nitrogen and oxygen atoms in total. The Morgan fingerprint density at radius 1 is 0.833 bits per heavy atom. The molecule has 0 bridgehead atoms. The van der Waals surface area contributed by atoms with E-state index in [-0.39, 0.29) is 0 Å². The first-order valence-electron chi connectivity index (χ1n) is 6.69. The van der Waals surface area contributed by atoms with Crippen molar-refractivity contribution in [3.05, 3.63) is 24.3 Å². The van der Waals surface area contributed by atoms with Gasteiger partial charge in [-0.05, 0) is 0 Å². The van der Waals surface area contributed by atoms with Gasteiger partial charge in [0.1, 0.15) is 0 Å². The van der Waals surface area contributed by atoms with Crippen LogP contribution in [0, 0.1) is 23.7 Å². The molecule has 0 radical (unpaired) electrons. The van der Waals surface area contributed by atoms with Gasteiger partial charge in [0.05, 0.1) is 0 Å². The van der Waals surface area contributed by atoms with Crippen molar-refractivity contribution in [1.29, 1.82) is 0 Å². The summed E-state index contributed by atoms with van der Waals surface area (Å²) in [7, 11) is 0. The summed E-state index contributed by atoms with van der Waals surface area (Å²) in [6.07, 6.45) is 18.6. The molecule has 0 N–H and O–H groups in total. The average molecular weight is 453 g/mol. The van der Waals surface area contributed by atoms with Crippen molar-refractivity contribution in [3.63, 3.8) is 0 Å². The molecule has 5 atom stereocenters. The van der Waals surface area contributed by atoms with Crippen molar-refractivity contribution in [2.24, 2.45) is 23.7 Å². The van der Waals surface area contributed by atoms with Crippen LogP contribution in [-0.4, -0.2) is 12.8 Å². The number of fused-ring (bicyclic) bond motifs is 3. The van der Waals surface area contributed by atoms with Gasteiger partial charge in [0, 0.05) is 12.8 Å². The molecule has 3 heteroatoms. The molecule has 3 aliphatic rings. The molecule has 18 heavy (non-hydrogen) atoms. The van der Waals surface area contributed by atoms with Crippen LogP contribution < -0.4 is 0 Å². The zero-order chi connectivity index (χ0) is 13.5. The molecule has 3 rings (SSSR count). The molecule has 5 unspecified atom stereocenters. The molecular weight excluding hydrogens is 430 g/mol. The van der Waals surface area contributed by atoms with Crippen molar-refractivity contribution in [2.45, 2.75) is 29.4 Å². The molecule has 2 fully saturated rings. The van der Waals surface area contributed by atoms with Crippen molar-refractivity contribution in [2.75, 3.05) is 12.8 Å². The summed E-state index contributed by atoms with van der Waals surface area (Å²) in [5.74, 6) is 4.00. The fourth-order valence-electron chi connectivity index (χ4n) is 3.83. The van der Waals surface area contributed by atoms with Gasteiger partial charge in [-0.1, -0.05) is 0 Å². The zero-order valence-electron chi connectivity index (χ0n) is 11.3. The number of allylic oxidation sites excluding steroid dienone is 4.